The van der Waals surface area contributed by atoms with Gasteiger partial charge in [-0.1, -0.05) is 85.7 Å². The molecule has 16 nitrogen and oxygen atoms in total. The molecule has 1 aromatic carbocycles. The lowest BCUT2D eigenvalue weighted by atomic mass is 9.97. The molecule has 0 aromatic heterocycles. The van der Waals surface area contributed by atoms with Crippen molar-refractivity contribution >= 4 is 53.2 Å². The molecule has 0 aliphatic rings. The van der Waals surface area contributed by atoms with Crippen molar-refractivity contribution in [2.75, 3.05) is 18.6 Å². The smallest absolute Gasteiger partial charge is 0.326 e. The average Bonchev–Trinajstić information content (AvgIpc) is 3.14. The molecule has 0 heterocycles. The fourth-order valence-electron chi connectivity index (χ4n) is 5.85. The third-order valence-corrected chi connectivity index (χ3v) is 10.1. The highest BCUT2D eigenvalue weighted by atomic mass is 32.2. The highest BCUT2D eigenvalue weighted by Crippen LogP contribution is 2.13. The predicted molar refractivity (Wildman–Crippen MR) is 223 cm³/mol. The minimum atomic E-state index is -1.21. The maximum Gasteiger partial charge on any atom is 0.326 e. The molecule has 0 aliphatic heterocycles. The zero-order chi connectivity index (χ0) is 43.4. The van der Waals surface area contributed by atoms with Crippen LogP contribution in [0.3, 0.4) is 0 Å². The summed E-state index contributed by atoms with van der Waals surface area (Å²) >= 11 is 1.55. The van der Waals surface area contributed by atoms with Crippen LogP contribution in [0.1, 0.15) is 86.6 Å². The number of hydrogen-bond acceptors (Lipinski definition) is 10. The van der Waals surface area contributed by atoms with Crippen LogP contribution < -0.4 is 43.4 Å². The standard InChI is InChI=1S/C40H68N8O8S/c1-22(2)30(36(51)43-28(40(55)56)17-13-14-19-41)47-39(54)33(25(7)8)46-35(50)29(21-26-15-11-10-12-16-26)44-37(52)31(23(3)4)48-38(53)32(24(5)6)45-34(49)27(42)18-20-57-9/h10-12,15-16,22-25,27-33H,13-14,17-21,41-42H2,1-9H3,(H,43,51)(H,44,52)(H,45,49)(H,46,50)(H,47,54)(H,48,53)(H,55,56)/t27-,28-,29-,30-,31-,32-,33-/m0/s1. The minimum Gasteiger partial charge on any atom is -0.480 e. The lowest BCUT2D eigenvalue weighted by molar-refractivity contribution is -0.143. The number of amides is 6. The highest BCUT2D eigenvalue weighted by Gasteiger charge is 2.36. The first-order chi connectivity index (χ1) is 26.7. The zero-order valence-corrected chi connectivity index (χ0v) is 35.9. The van der Waals surface area contributed by atoms with Gasteiger partial charge in [-0.2, -0.15) is 11.8 Å². The molecule has 0 aliphatic carbocycles. The Morgan fingerprint density at radius 2 is 0.982 bits per heavy atom. The third kappa shape index (κ3) is 17.9. The molecule has 322 valence electrons. The number of carboxylic acid groups (broad SMARTS) is 1. The number of carbonyl (C=O) groups excluding carboxylic acids is 6. The van der Waals surface area contributed by atoms with Crippen LogP contribution in [0.15, 0.2) is 30.3 Å². The van der Waals surface area contributed by atoms with E-state index in [0.717, 1.165) is 0 Å². The molecule has 1 rings (SSSR count). The number of carboxylic acids is 1. The molecule has 1 aromatic rings. The van der Waals surface area contributed by atoms with E-state index in [-0.39, 0.29) is 18.8 Å². The second kappa shape index (κ2) is 25.9. The van der Waals surface area contributed by atoms with E-state index in [1.165, 1.54) is 0 Å². The lowest BCUT2D eigenvalue weighted by Crippen LogP contribution is -2.62. The van der Waals surface area contributed by atoms with Crippen molar-refractivity contribution in [2.45, 2.75) is 130 Å². The normalized spacial score (nSPS) is 15.1. The van der Waals surface area contributed by atoms with E-state index < -0.39 is 101 Å². The third-order valence-electron chi connectivity index (χ3n) is 9.43. The first-order valence-corrected chi connectivity index (χ1v) is 21.2. The summed E-state index contributed by atoms with van der Waals surface area (Å²) in [7, 11) is 0. The lowest BCUT2D eigenvalue weighted by Gasteiger charge is -2.30. The fraction of sp³-hybridized carbons (Fsp3) is 0.675. The molecule has 17 heteroatoms. The summed E-state index contributed by atoms with van der Waals surface area (Å²) in [6.07, 6.45) is 3.62. The first kappa shape index (κ1) is 50.8. The fourth-order valence-corrected chi connectivity index (χ4v) is 6.34. The second-order valence-electron chi connectivity index (χ2n) is 15.7. The van der Waals surface area contributed by atoms with E-state index >= 15 is 0 Å². The average molecular weight is 821 g/mol. The van der Waals surface area contributed by atoms with Crippen LogP contribution in [0.2, 0.25) is 0 Å². The number of thioether (sulfide) groups is 1. The van der Waals surface area contributed by atoms with E-state index in [9.17, 15) is 38.7 Å². The first-order valence-electron chi connectivity index (χ1n) is 19.8. The summed E-state index contributed by atoms with van der Waals surface area (Å²) in [5, 5.41) is 25.9. The molecule has 6 amide bonds. The molecule has 0 fully saturated rings. The van der Waals surface area contributed by atoms with Gasteiger partial charge >= 0.3 is 5.97 Å². The van der Waals surface area contributed by atoms with E-state index in [1.807, 2.05) is 6.26 Å². The van der Waals surface area contributed by atoms with E-state index in [1.54, 1.807) is 97.5 Å². The van der Waals surface area contributed by atoms with Crippen LogP contribution in [-0.4, -0.2) is 107 Å². The summed E-state index contributed by atoms with van der Waals surface area (Å²) in [6.45, 7) is 14.2. The predicted octanol–water partition coefficient (Wildman–Crippen LogP) is 1.06. The molecular formula is C40H68N8O8S. The summed E-state index contributed by atoms with van der Waals surface area (Å²) in [6, 6.07) is 1.40. The van der Waals surface area contributed by atoms with Crippen LogP contribution in [0.25, 0.3) is 0 Å². The van der Waals surface area contributed by atoms with E-state index in [0.29, 0.717) is 37.1 Å². The Balaban J connectivity index is 3.31. The Bertz CT molecular complexity index is 1460. The monoisotopic (exact) mass is 820 g/mol. The van der Waals surface area contributed by atoms with Crippen LogP contribution in [0.5, 0.6) is 0 Å². The van der Waals surface area contributed by atoms with Crippen LogP contribution in [-0.2, 0) is 40.0 Å². The summed E-state index contributed by atoms with van der Waals surface area (Å²) in [5.41, 5.74) is 12.3. The Morgan fingerprint density at radius 1 is 0.579 bits per heavy atom. The van der Waals surface area contributed by atoms with Crippen molar-refractivity contribution in [2.24, 2.45) is 35.1 Å². The number of aliphatic carboxylic acids is 1. The Kier molecular flexibility index (Phi) is 23.1. The molecule has 0 bridgehead atoms. The van der Waals surface area contributed by atoms with E-state index in [4.69, 9.17) is 11.5 Å². The van der Waals surface area contributed by atoms with Crippen LogP contribution in [0, 0.1) is 23.7 Å². The van der Waals surface area contributed by atoms with Gasteiger partial charge in [0, 0.05) is 6.42 Å². The molecule has 0 unspecified atom stereocenters. The Morgan fingerprint density at radius 3 is 1.39 bits per heavy atom. The van der Waals surface area contributed by atoms with E-state index in [2.05, 4.69) is 31.9 Å². The molecule has 11 N–H and O–H groups in total. The van der Waals surface area contributed by atoms with Gasteiger partial charge in [-0.15, -0.1) is 0 Å². The van der Waals surface area contributed by atoms with Gasteiger partial charge in [0.2, 0.25) is 35.4 Å². The molecule has 57 heavy (non-hydrogen) atoms. The topological polar surface area (TPSA) is 264 Å². The van der Waals surface area contributed by atoms with Crippen molar-refractivity contribution in [1.82, 2.24) is 31.9 Å². The largest absolute Gasteiger partial charge is 0.480 e. The number of carbonyl (C=O) groups is 7. The maximum absolute atomic E-state index is 14.1. The van der Waals surface area contributed by atoms with Gasteiger partial charge in [0.25, 0.3) is 0 Å². The molecule has 0 spiro atoms. The number of nitrogens with one attached hydrogen (secondary N) is 6. The molecule has 0 radical (unpaired) electrons. The summed E-state index contributed by atoms with van der Waals surface area (Å²) in [5.74, 6) is -5.97. The van der Waals surface area contributed by atoms with Crippen molar-refractivity contribution in [3.05, 3.63) is 35.9 Å². The molecule has 7 atom stereocenters. The van der Waals surface area contributed by atoms with Gasteiger partial charge in [0.15, 0.2) is 0 Å². The highest BCUT2D eigenvalue weighted by molar-refractivity contribution is 7.98. The maximum atomic E-state index is 14.1. The number of rotatable bonds is 26. The quantitative estimate of drug-likeness (QED) is 0.0597. The van der Waals surface area contributed by atoms with Crippen molar-refractivity contribution in [1.29, 1.82) is 0 Å². The SMILES string of the molecule is CSCC[C@H](N)C(=O)N[C@H](C(=O)N[C@H](C(=O)N[C@@H](Cc1ccccc1)C(=O)N[C@H](C(=O)N[C@H](C(=O)N[C@@H](CCCCN)C(=O)O)C(C)C)C(C)C)C(C)C)C(C)C. The van der Waals surface area contributed by atoms with Gasteiger partial charge in [0.05, 0.1) is 6.04 Å². The van der Waals surface area contributed by atoms with Crippen molar-refractivity contribution < 1.29 is 38.7 Å². The van der Waals surface area contributed by atoms with Gasteiger partial charge in [0.1, 0.15) is 36.3 Å². The van der Waals surface area contributed by atoms with Gasteiger partial charge in [-0.3, -0.25) is 28.8 Å². The zero-order valence-electron chi connectivity index (χ0n) is 35.1. The Labute approximate surface area is 342 Å². The number of unbranched alkanes of at least 4 members (excludes halogenated alkanes) is 1. The van der Waals surface area contributed by atoms with Gasteiger partial charge < -0.3 is 48.5 Å². The summed E-state index contributed by atoms with van der Waals surface area (Å²) in [4.78, 5) is 93.3. The summed E-state index contributed by atoms with van der Waals surface area (Å²) < 4.78 is 0. The van der Waals surface area contributed by atoms with Crippen molar-refractivity contribution in [3.63, 3.8) is 0 Å². The molecule has 0 saturated heterocycles. The van der Waals surface area contributed by atoms with Crippen LogP contribution >= 0.6 is 11.8 Å². The molecule has 0 saturated carbocycles. The second-order valence-corrected chi connectivity index (χ2v) is 16.7. The van der Waals surface area contributed by atoms with Gasteiger partial charge in [-0.05, 0) is 73.5 Å². The Hall–Kier alpha value is -4.22. The number of benzene rings is 1. The number of nitrogens with two attached hydrogens (primary N) is 2. The van der Waals surface area contributed by atoms with Crippen LogP contribution in [0.4, 0.5) is 0 Å². The minimum absolute atomic E-state index is 0.0416. The number of hydrogen-bond donors (Lipinski definition) is 9. The van der Waals surface area contributed by atoms with Gasteiger partial charge in [-0.25, -0.2) is 4.79 Å². The molecular weight excluding hydrogens is 753 g/mol. The van der Waals surface area contributed by atoms with Crippen molar-refractivity contribution in [3.8, 4) is 0 Å².